The molecule has 2 amide bonds. The predicted octanol–water partition coefficient (Wildman–Crippen LogP) is 3.31. The van der Waals surface area contributed by atoms with E-state index in [-0.39, 0.29) is 29.3 Å². The second kappa shape index (κ2) is 11.2. The van der Waals surface area contributed by atoms with Gasteiger partial charge in [0.15, 0.2) is 0 Å². The number of likely N-dealkylation sites (tertiary alicyclic amines) is 1. The zero-order valence-electron chi connectivity index (χ0n) is 18.9. The first-order valence-electron chi connectivity index (χ1n) is 11.2. The minimum Gasteiger partial charge on any atom is -0.338 e. The second-order valence-electron chi connectivity index (χ2n) is 8.06. The minimum atomic E-state index is -3.72. The fourth-order valence-electron chi connectivity index (χ4n) is 4.05. The van der Waals surface area contributed by atoms with Crippen molar-refractivity contribution in [2.45, 2.75) is 37.1 Å². The summed E-state index contributed by atoms with van der Waals surface area (Å²) in [5, 5.41) is 0. The molecule has 0 saturated carbocycles. The molecule has 2 aromatic rings. The van der Waals surface area contributed by atoms with Crippen molar-refractivity contribution in [1.82, 2.24) is 14.5 Å². The summed E-state index contributed by atoms with van der Waals surface area (Å²) in [5.74, 6) is -0.183. The van der Waals surface area contributed by atoms with E-state index < -0.39 is 10.0 Å². The van der Waals surface area contributed by atoms with Crippen molar-refractivity contribution in [3.63, 3.8) is 0 Å². The van der Waals surface area contributed by atoms with Crippen molar-refractivity contribution in [3.8, 4) is 0 Å². The molecule has 33 heavy (non-hydrogen) atoms. The van der Waals surface area contributed by atoms with Gasteiger partial charge in [0.25, 0.3) is 11.8 Å². The summed E-state index contributed by atoms with van der Waals surface area (Å²) in [6, 6.07) is 15.3. The highest BCUT2D eigenvalue weighted by Crippen LogP contribution is 2.22. The third-order valence-corrected chi connectivity index (χ3v) is 7.17. The van der Waals surface area contributed by atoms with Gasteiger partial charge in [0.2, 0.25) is 10.0 Å². The number of carbonyl (C=O) groups is 2. The molecule has 3 rings (SSSR count). The summed E-state index contributed by atoms with van der Waals surface area (Å²) < 4.78 is 27.3. The fourth-order valence-corrected chi connectivity index (χ4v) is 5.09. The van der Waals surface area contributed by atoms with Gasteiger partial charge in [0.05, 0.1) is 4.90 Å². The monoisotopic (exact) mass is 469 g/mol. The standard InChI is InChI=1S/C25H31N3O4S/c1-3-15-26-33(31,32)23-12-8-11-21(19-23)25(30)28(16-4-2)22-13-17-27(18-14-22)24(29)20-9-6-5-7-10-20/h3,5-12,19,22,26H,1,4,13-18H2,2H3. The molecule has 1 heterocycles. The maximum atomic E-state index is 13.4. The van der Waals surface area contributed by atoms with Crippen molar-refractivity contribution < 1.29 is 18.0 Å². The number of nitrogens with one attached hydrogen (secondary N) is 1. The smallest absolute Gasteiger partial charge is 0.254 e. The number of hydrogen-bond donors (Lipinski definition) is 1. The highest BCUT2D eigenvalue weighted by molar-refractivity contribution is 7.89. The molecule has 1 fully saturated rings. The topological polar surface area (TPSA) is 86.8 Å². The highest BCUT2D eigenvalue weighted by Gasteiger charge is 2.30. The summed E-state index contributed by atoms with van der Waals surface area (Å²) in [6.07, 6.45) is 3.62. The molecule has 0 aliphatic carbocycles. The number of piperidine rings is 1. The fraction of sp³-hybridized carbons (Fsp3) is 0.360. The second-order valence-corrected chi connectivity index (χ2v) is 9.82. The number of nitrogens with zero attached hydrogens (tertiary/aromatic N) is 2. The molecule has 0 spiro atoms. The summed E-state index contributed by atoms with van der Waals surface area (Å²) in [6.45, 7) is 7.36. The van der Waals surface area contributed by atoms with Crippen LogP contribution in [0.1, 0.15) is 46.9 Å². The van der Waals surface area contributed by atoms with Gasteiger partial charge in [-0.1, -0.05) is 37.3 Å². The summed E-state index contributed by atoms with van der Waals surface area (Å²) in [4.78, 5) is 29.8. The number of hydrogen-bond acceptors (Lipinski definition) is 4. The molecule has 0 bridgehead atoms. The Hall–Kier alpha value is -2.97. The van der Waals surface area contributed by atoms with Crippen LogP contribution in [0.2, 0.25) is 0 Å². The van der Waals surface area contributed by atoms with Crippen molar-refractivity contribution >= 4 is 21.8 Å². The average Bonchev–Trinajstić information content (AvgIpc) is 2.86. The maximum absolute atomic E-state index is 13.4. The van der Waals surface area contributed by atoms with Crippen LogP contribution in [0.4, 0.5) is 0 Å². The van der Waals surface area contributed by atoms with Gasteiger partial charge in [-0.05, 0) is 49.6 Å². The molecule has 0 atom stereocenters. The van der Waals surface area contributed by atoms with Crippen molar-refractivity contribution in [1.29, 1.82) is 0 Å². The number of benzene rings is 2. The first kappa shape index (κ1) is 24.7. The first-order valence-corrected chi connectivity index (χ1v) is 12.7. The van der Waals surface area contributed by atoms with E-state index in [0.717, 1.165) is 6.42 Å². The molecule has 0 radical (unpaired) electrons. The quantitative estimate of drug-likeness (QED) is 0.571. The van der Waals surface area contributed by atoms with Gasteiger partial charge < -0.3 is 9.80 Å². The first-order chi connectivity index (χ1) is 15.9. The largest absolute Gasteiger partial charge is 0.338 e. The van der Waals surface area contributed by atoms with Crippen molar-refractivity contribution in [2.75, 3.05) is 26.2 Å². The van der Waals surface area contributed by atoms with Crippen LogP contribution in [0, 0.1) is 0 Å². The van der Waals surface area contributed by atoms with Gasteiger partial charge >= 0.3 is 0 Å². The molecule has 7 nitrogen and oxygen atoms in total. The Morgan fingerprint density at radius 2 is 1.76 bits per heavy atom. The van der Waals surface area contributed by atoms with Gasteiger partial charge in [-0.3, -0.25) is 9.59 Å². The lowest BCUT2D eigenvalue weighted by Crippen LogP contribution is -2.49. The number of rotatable bonds is 9. The molecule has 1 aliphatic rings. The van der Waals surface area contributed by atoms with Gasteiger partial charge in [0.1, 0.15) is 0 Å². The van der Waals surface area contributed by atoms with Crippen LogP contribution in [-0.4, -0.2) is 62.3 Å². The third kappa shape index (κ3) is 6.09. The van der Waals surface area contributed by atoms with Gasteiger partial charge in [-0.2, -0.15) is 0 Å². The van der Waals surface area contributed by atoms with E-state index in [4.69, 9.17) is 0 Å². The van der Waals surface area contributed by atoms with E-state index in [1.165, 1.54) is 18.2 Å². The van der Waals surface area contributed by atoms with Gasteiger partial charge in [-0.25, -0.2) is 13.1 Å². The lowest BCUT2D eigenvalue weighted by molar-refractivity contribution is 0.0519. The molecule has 1 N–H and O–H groups in total. The lowest BCUT2D eigenvalue weighted by atomic mass is 10.0. The third-order valence-electron chi connectivity index (χ3n) is 5.75. The van der Waals surface area contributed by atoms with E-state index in [2.05, 4.69) is 11.3 Å². The molecule has 8 heteroatoms. The number of sulfonamides is 1. The Morgan fingerprint density at radius 1 is 1.09 bits per heavy atom. The molecule has 0 aromatic heterocycles. The Kier molecular flexibility index (Phi) is 8.41. The van der Waals surface area contributed by atoms with Crippen LogP contribution in [0.5, 0.6) is 0 Å². The van der Waals surface area contributed by atoms with Crippen molar-refractivity contribution in [3.05, 3.63) is 78.4 Å². The Morgan fingerprint density at radius 3 is 2.39 bits per heavy atom. The number of amides is 2. The normalized spacial score (nSPS) is 14.6. The SMILES string of the molecule is C=CCNS(=O)(=O)c1cccc(C(=O)N(CCC)C2CCN(C(=O)c3ccccc3)CC2)c1. The van der Waals surface area contributed by atoms with Crippen LogP contribution < -0.4 is 4.72 Å². The van der Waals surface area contributed by atoms with Crippen LogP contribution in [0.25, 0.3) is 0 Å². The molecule has 1 aliphatic heterocycles. The van der Waals surface area contributed by atoms with Gasteiger partial charge in [-0.15, -0.1) is 6.58 Å². The number of carbonyl (C=O) groups excluding carboxylic acids is 2. The van der Waals surface area contributed by atoms with E-state index in [1.807, 2.05) is 47.1 Å². The molecular formula is C25H31N3O4S. The van der Waals surface area contributed by atoms with E-state index in [1.54, 1.807) is 12.1 Å². The Balaban J connectivity index is 1.72. The summed E-state index contributed by atoms with van der Waals surface area (Å²) in [7, 11) is -3.72. The Labute approximate surface area is 196 Å². The molecular weight excluding hydrogens is 438 g/mol. The van der Waals surface area contributed by atoms with E-state index in [9.17, 15) is 18.0 Å². The highest BCUT2D eigenvalue weighted by atomic mass is 32.2. The molecule has 176 valence electrons. The maximum Gasteiger partial charge on any atom is 0.254 e. The zero-order valence-corrected chi connectivity index (χ0v) is 19.8. The predicted molar refractivity (Wildman–Crippen MR) is 129 cm³/mol. The van der Waals surface area contributed by atoms with Crippen LogP contribution in [0.15, 0.2) is 72.1 Å². The van der Waals surface area contributed by atoms with E-state index in [0.29, 0.717) is 43.6 Å². The molecule has 0 unspecified atom stereocenters. The molecule has 2 aromatic carbocycles. The van der Waals surface area contributed by atoms with Crippen LogP contribution in [0.3, 0.4) is 0 Å². The van der Waals surface area contributed by atoms with Crippen LogP contribution in [-0.2, 0) is 10.0 Å². The van der Waals surface area contributed by atoms with Crippen molar-refractivity contribution in [2.24, 2.45) is 0 Å². The lowest BCUT2D eigenvalue weighted by Gasteiger charge is -2.38. The summed E-state index contributed by atoms with van der Waals surface area (Å²) >= 11 is 0. The van der Waals surface area contributed by atoms with Crippen LogP contribution >= 0.6 is 0 Å². The zero-order chi connectivity index (χ0) is 23.8. The Bertz CT molecular complexity index is 1080. The summed E-state index contributed by atoms with van der Waals surface area (Å²) in [5.41, 5.74) is 1.01. The molecule has 1 saturated heterocycles. The average molecular weight is 470 g/mol. The minimum absolute atomic E-state index is 0.00331. The van der Waals surface area contributed by atoms with Gasteiger partial charge in [0, 0.05) is 43.3 Å². The van der Waals surface area contributed by atoms with E-state index >= 15 is 0 Å².